The molecule has 0 bridgehead atoms. The van der Waals surface area contributed by atoms with E-state index in [9.17, 15) is 14.8 Å². The second kappa shape index (κ2) is 8.38. The topological polar surface area (TPSA) is 161 Å². The monoisotopic (exact) mass is 419 g/mol. The Labute approximate surface area is 176 Å². The number of hydrogen-bond donors (Lipinski definition) is 4. The van der Waals surface area contributed by atoms with Gasteiger partial charge in [-0.15, -0.1) is 0 Å². The molecule has 12 heteroatoms. The lowest BCUT2D eigenvalue weighted by molar-refractivity contribution is 0.100. The molecule has 0 aliphatic rings. The molecule has 156 valence electrons. The predicted octanol–water partition coefficient (Wildman–Crippen LogP) is -0.390. The van der Waals surface area contributed by atoms with Crippen molar-refractivity contribution in [1.82, 2.24) is 24.5 Å². The number of imidazole rings is 1. The van der Waals surface area contributed by atoms with Gasteiger partial charge in [0.25, 0.3) is 5.91 Å². The molecule has 0 fully saturated rings. The second-order valence-electron chi connectivity index (χ2n) is 6.55. The van der Waals surface area contributed by atoms with Gasteiger partial charge in [-0.05, 0) is 23.2 Å². The van der Waals surface area contributed by atoms with Crippen molar-refractivity contribution in [3.63, 3.8) is 0 Å². The van der Waals surface area contributed by atoms with Crippen molar-refractivity contribution in [1.29, 1.82) is 0 Å². The third-order valence-corrected chi connectivity index (χ3v) is 4.56. The van der Waals surface area contributed by atoms with Crippen LogP contribution in [-0.4, -0.2) is 54.7 Å². The van der Waals surface area contributed by atoms with E-state index in [1.807, 2.05) is 6.07 Å². The van der Waals surface area contributed by atoms with Gasteiger partial charge >= 0.3 is 13.1 Å². The molecular formula is C19H18BN7O4. The van der Waals surface area contributed by atoms with E-state index in [-0.39, 0.29) is 23.5 Å². The number of nitrogens with one attached hydrogen (secondary N) is 1. The Morgan fingerprint density at radius 2 is 2.00 bits per heavy atom. The van der Waals surface area contributed by atoms with Crippen molar-refractivity contribution < 1.29 is 19.6 Å². The van der Waals surface area contributed by atoms with Crippen LogP contribution in [-0.2, 0) is 6.54 Å². The van der Waals surface area contributed by atoms with E-state index >= 15 is 0 Å². The Kier molecular flexibility index (Phi) is 5.47. The minimum absolute atomic E-state index is 0.186. The lowest BCUT2D eigenvalue weighted by atomic mass is 9.80. The number of primary amides is 1. The molecule has 5 N–H and O–H groups in total. The van der Waals surface area contributed by atoms with Crippen LogP contribution in [0.5, 0.6) is 6.01 Å². The van der Waals surface area contributed by atoms with Crippen LogP contribution < -0.4 is 21.3 Å². The smallest absolute Gasteiger partial charge is 0.468 e. The van der Waals surface area contributed by atoms with Crippen LogP contribution in [0.2, 0.25) is 0 Å². The van der Waals surface area contributed by atoms with Gasteiger partial charge in [-0.2, -0.15) is 9.97 Å². The molecule has 2 heterocycles. The number of ether oxygens (including phenoxy) is 1. The third-order valence-electron chi connectivity index (χ3n) is 4.56. The van der Waals surface area contributed by atoms with Gasteiger partial charge in [0.05, 0.1) is 18.2 Å². The van der Waals surface area contributed by atoms with Crippen LogP contribution in [0.3, 0.4) is 0 Å². The Balaban J connectivity index is 1.67. The summed E-state index contributed by atoms with van der Waals surface area (Å²) < 4.78 is 6.91. The number of methoxy groups -OCH3 is 1. The van der Waals surface area contributed by atoms with E-state index in [0.717, 1.165) is 5.56 Å². The molecule has 0 saturated carbocycles. The Hall–Kier alpha value is -4.03. The van der Waals surface area contributed by atoms with Crippen LogP contribution in [0.25, 0.3) is 17.0 Å². The highest BCUT2D eigenvalue weighted by Crippen LogP contribution is 2.26. The fourth-order valence-corrected chi connectivity index (χ4v) is 3.13. The molecule has 0 unspecified atom stereocenters. The van der Waals surface area contributed by atoms with Gasteiger partial charge in [-0.1, -0.05) is 30.3 Å². The fourth-order valence-electron chi connectivity index (χ4n) is 3.13. The first-order valence-corrected chi connectivity index (χ1v) is 9.21. The lowest BCUT2D eigenvalue weighted by Gasteiger charge is -2.09. The summed E-state index contributed by atoms with van der Waals surface area (Å²) in [5, 5.41) is 21.7. The molecule has 0 saturated heterocycles. The van der Waals surface area contributed by atoms with Crippen molar-refractivity contribution in [3.05, 3.63) is 59.9 Å². The number of rotatable bonds is 7. The largest absolute Gasteiger partial charge is 0.488 e. The number of aromatic nitrogens is 5. The summed E-state index contributed by atoms with van der Waals surface area (Å²) >= 11 is 0. The highest BCUT2D eigenvalue weighted by atomic mass is 16.5. The lowest BCUT2D eigenvalue weighted by Crippen LogP contribution is -2.30. The summed E-state index contributed by atoms with van der Waals surface area (Å²) in [5.41, 5.74) is 7.83. The number of nitrogens with zero attached hydrogens (tertiary/aromatic N) is 5. The molecule has 0 spiro atoms. The van der Waals surface area contributed by atoms with E-state index in [2.05, 4.69) is 25.3 Å². The van der Waals surface area contributed by atoms with Crippen molar-refractivity contribution >= 4 is 35.5 Å². The molecule has 0 aliphatic heterocycles. The Morgan fingerprint density at radius 1 is 1.19 bits per heavy atom. The summed E-state index contributed by atoms with van der Waals surface area (Å²) in [5.74, 6) is -0.0842. The average Bonchev–Trinajstić information content (AvgIpc) is 3.16. The number of nitrogens with two attached hydrogens (primary N) is 1. The fraction of sp³-hybridized carbons (Fsp3) is 0.105. The maximum Gasteiger partial charge on any atom is 0.488 e. The van der Waals surface area contributed by atoms with Gasteiger partial charge in [0.1, 0.15) is 11.8 Å². The zero-order valence-corrected chi connectivity index (χ0v) is 16.4. The average molecular weight is 419 g/mol. The first-order valence-electron chi connectivity index (χ1n) is 9.21. The number of carbonyl (C=O) groups excluding carboxylic acids is 1. The number of fused-ring (bicyclic) bond motifs is 1. The summed E-state index contributed by atoms with van der Waals surface area (Å²) in [6.45, 7) is 0.345. The van der Waals surface area contributed by atoms with Crippen LogP contribution >= 0.6 is 0 Å². The molecule has 4 rings (SSSR count). The highest BCUT2D eigenvalue weighted by Gasteiger charge is 2.19. The summed E-state index contributed by atoms with van der Waals surface area (Å²) in [6, 6.07) is 12.0. The summed E-state index contributed by atoms with van der Waals surface area (Å²) in [7, 11) is -0.0964. The van der Waals surface area contributed by atoms with Gasteiger partial charge in [-0.3, -0.25) is 4.79 Å². The molecule has 2 aromatic heterocycles. The first-order chi connectivity index (χ1) is 15.0. The minimum atomic E-state index is -1.55. The number of amides is 1. The maximum atomic E-state index is 11.7. The van der Waals surface area contributed by atoms with Crippen LogP contribution in [0, 0.1) is 0 Å². The zero-order chi connectivity index (χ0) is 22.0. The highest BCUT2D eigenvalue weighted by molar-refractivity contribution is 6.58. The SMILES string of the molecule is COc1nc2c(C(N)=O)cccc2n1-c1ncnc(NCc2cccc(B(O)O)c2)n1. The van der Waals surface area contributed by atoms with Crippen molar-refractivity contribution in [2.45, 2.75) is 6.54 Å². The Bertz CT molecular complexity index is 1260. The summed E-state index contributed by atoms with van der Waals surface area (Å²) in [4.78, 5) is 28.8. The molecule has 0 atom stereocenters. The molecule has 0 aliphatic carbocycles. The van der Waals surface area contributed by atoms with E-state index in [1.54, 1.807) is 41.0 Å². The van der Waals surface area contributed by atoms with Gasteiger partial charge in [0.15, 0.2) is 0 Å². The molecule has 2 aromatic carbocycles. The zero-order valence-electron chi connectivity index (χ0n) is 16.4. The Morgan fingerprint density at radius 3 is 2.74 bits per heavy atom. The van der Waals surface area contributed by atoms with Crippen molar-refractivity contribution in [2.75, 3.05) is 12.4 Å². The van der Waals surface area contributed by atoms with Crippen LogP contribution in [0.15, 0.2) is 48.8 Å². The number of anilines is 1. The molecule has 11 nitrogen and oxygen atoms in total. The standard InChI is InChI=1S/C19H18BN7O4/c1-31-19-25-15-13(16(21)28)6-3-7-14(15)27(19)18-24-10-23-17(26-18)22-9-11-4-2-5-12(8-11)20(29)30/h2-8,10,29-30H,9H2,1H3,(H2,21,28)(H,22,23,24,26). The molecule has 0 radical (unpaired) electrons. The van der Waals surface area contributed by atoms with E-state index < -0.39 is 13.0 Å². The number of carbonyl (C=O) groups is 1. The third kappa shape index (κ3) is 4.02. The van der Waals surface area contributed by atoms with Crippen LogP contribution in [0.4, 0.5) is 5.95 Å². The molecule has 4 aromatic rings. The maximum absolute atomic E-state index is 11.7. The van der Waals surface area contributed by atoms with E-state index in [0.29, 0.717) is 23.0 Å². The molecule has 31 heavy (non-hydrogen) atoms. The minimum Gasteiger partial charge on any atom is -0.468 e. The van der Waals surface area contributed by atoms with Gasteiger partial charge in [0.2, 0.25) is 11.9 Å². The molecular weight excluding hydrogens is 401 g/mol. The second-order valence-corrected chi connectivity index (χ2v) is 6.55. The van der Waals surface area contributed by atoms with Crippen molar-refractivity contribution in [2.24, 2.45) is 5.73 Å². The number of hydrogen-bond acceptors (Lipinski definition) is 9. The van der Waals surface area contributed by atoms with Gasteiger partial charge in [-0.25, -0.2) is 14.5 Å². The number of para-hydroxylation sites is 1. The first kappa shape index (κ1) is 20.3. The molecule has 1 amide bonds. The van der Waals surface area contributed by atoms with E-state index in [1.165, 1.54) is 13.4 Å². The van der Waals surface area contributed by atoms with Crippen molar-refractivity contribution in [3.8, 4) is 12.0 Å². The predicted molar refractivity (Wildman–Crippen MR) is 113 cm³/mol. The van der Waals surface area contributed by atoms with Crippen LogP contribution in [0.1, 0.15) is 15.9 Å². The quantitative estimate of drug-likeness (QED) is 0.292. The van der Waals surface area contributed by atoms with Gasteiger partial charge in [0, 0.05) is 6.54 Å². The summed E-state index contributed by atoms with van der Waals surface area (Å²) in [6.07, 6.45) is 1.34. The normalized spacial score (nSPS) is 10.8. The number of benzene rings is 2. The van der Waals surface area contributed by atoms with Gasteiger partial charge < -0.3 is 25.8 Å². The van der Waals surface area contributed by atoms with E-state index in [4.69, 9.17) is 10.5 Å².